The summed E-state index contributed by atoms with van der Waals surface area (Å²) >= 11 is 0. The van der Waals surface area contributed by atoms with Crippen LogP contribution in [0.4, 0.5) is 10.2 Å². The lowest BCUT2D eigenvalue weighted by atomic mass is 10.2. The Morgan fingerprint density at radius 1 is 1.29 bits per heavy atom. The number of hydrogen-bond acceptors (Lipinski definition) is 5. The highest BCUT2D eigenvalue weighted by Gasteiger charge is 2.25. The average Bonchev–Trinajstić information content (AvgIpc) is 3.23. The molecular weight excluding hydrogens is 512 g/mol. The van der Waals surface area contributed by atoms with Gasteiger partial charge in [0.1, 0.15) is 5.75 Å². The minimum absolute atomic E-state index is 0. The molecule has 9 heteroatoms. The normalized spacial score (nSPS) is 16.0. The van der Waals surface area contributed by atoms with E-state index in [-0.39, 0.29) is 35.8 Å². The maximum Gasteiger partial charge on any atom is 0.191 e. The van der Waals surface area contributed by atoms with Crippen molar-refractivity contribution >= 4 is 35.8 Å². The SMILES string of the molecule is CN=C(NCc1cccc(OCCCOC)c1)NC1CCN(c2ncccc2F)C1.I. The smallest absolute Gasteiger partial charge is 0.191 e. The van der Waals surface area contributed by atoms with Gasteiger partial charge in [0.2, 0.25) is 0 Å². The summed E-state index contributed by atoms with van der Waals surface area (Å²) < 4.78 is 24.8. The van der Waals surface area contributed by atoms with Crippen LogP contribution < -0.4 is 20.3 Å². The van der Waals surface area contributed by atoms with Gasteiger partial charge >= 0.3 is 0 Å². The lowest BCUT2D eigenvalue weighted by Gasteiger charge is -2.20. The van der Waals surface area contributed by atoms with Crippen molar-refractivity contribution in [2.24, 2.45) is 4.99 Å². The molecule has 0 amide bonds. The van der Waals surface area contributed by atoms with Crippen molar-refractivity contribution in [3.05, 3.63) is 54.0 Å². The van der Waals surface area contributed by atoms with Crippen LogP contribution in [0, 0.1) is 5.82 Å². The summed E-state index contributed by atoms with van der Waals surface area (Å²) in [4.78, 5) is 10.4. The minimum Gasteiger partial charge on any atom is -0.493 e. The number of pyridine rings is 1. The summed E-state index contributed by atoms with van der Waals surface area (Å²) in [6.45, 7) is 3.38. The third-order valence-corrected chi connectivity index (χ3v) is 4.91. The van der Waals surface area contributed by atoms with Gasteiger partial charge in [0.25, 0.3) is 0 Å². The van der Waals surface area contributed by atoms with Crippen LogP contribution in [-0.2, 0) is 11.3 Å². The molecule has 1 unspecified atom stereocenters. The number of nitrogens with one attached hydrogen (secondary N) is 2. The number of rotatable bonds is 9. The fourth-order valence-electron chi connectivity index (χ4n) is 3.39. The molecule has 1 saturated heterocycles. The van der Waals surface area contributed by atoms with Crippen LogP contribution in [0.1, 0.15) is 18.4 Å². The van der Waals surface area contributed by atoms with Crippen molar-refractivity contribution < 1.29 is 13.9 Å². The molecule has 2 heterocycles. The molecule has 7 nitrogen and oxygen atoms in total. The molecule has 1 atom stereocenters. The van der Waals surface area contributed by atoms with Crippen molar-refractivity contribution in [2.75, 3.05) is 45.4 Å². The molecular formula is C22H31FIN5O2. The summed E-state index contributed by atoms with van der Waals surface area (Å²) in [6, 6.07) is 11.2. The van der Waals surface area contributed by atoms with Crippen molar-refractivity contribution in [2.45, 2.75) is 25.4 Å². The van der Waals surface area contributed by atoms with Crippen molar-refractivity contribution in [3.8, 4) is 5.75 Å². The highest BCUT2D eigenvalue weighted by atomic mass is 127. The van der Waals surface area contributed by atoms with Gasteiger partial charge in [-0.2, -0.15) is 0 Å². The summed E-state index contributed by atoms with van der Waals surface area (Å²) in [5.74, 6) is 1.68. The van der Waals surface area contributed by atoms with Crippen molar-refractivity contribution in [1.29, 1.82) is 0 Å². The zero-order valence-electron chi connectivity index (χ0n) is 18.0. The largest absolute Gasteiger partial charge is 0.493 e. The van der Waals surface area contributed by atoms with E-state index in [9.17, 15) is 4.39 Å². The third-order valence-electron chi connectivity index (χ3n) is 4.91. The van der Waals surface area contributed by atoms with Gasteiger partial charge in [-0.15, -0.1) is 24.0 Å². The second kappa shape index (κ2) is 13.3. The zero-order chi connectivity index (χ0) is 21.2. The molecule has 2 aromatic rings. The van der Waals surface area contributed by atoms with Gasteiger partial charge < -0.3 is 25.0 Å². The van der Waals surface area contributed by atoms with Crippen LogP contribution in [0.3, 0.4) is 0 Å². The van der Waals surface area contributed by atoms with Gasteiger partial charge in [-0.25, -0.2) is 9.37 Å². The van der Waals surface area contributed by atoms with E-state index in [1.165, 1.54) is 6.07 Å². The number of hydrogen-bond donors (Lipinski definition) is 2. The predicted molar refractivity (Wildman–Crippen MR) is 132 cm³/mol. The Hall–Kier alpha value is -2.14. The second-order valence-corrected chi connectivity index (χ2v) is 7.15. The van der Waals surface area contributed by atoms with Crippen LogP contribution in [0.5, 0.6) is 5.75 Å². The predicted octanol–water partition coefficient (Wildman–Crippen LogP) is 3.20. The van der Waals surface area contributed by atoms with Crippen LogP contribution in [0.25, 0.3) is 0 Å². The molecule has 170 valence electrons. The fraction of sp³-hybridized carbons (Fsp3) is 0.455. The zero-order valence-corrected chi connectivity index (χ0v) is 20.3. The van der Waals surface area contributed by atoms with Gasteiger partial charge in [0, 0.05) is 59.1 Å². The van der Waals surface area contributed by atoms with Crippen molar-refractivity contribution in [1.82, 2.24) is 15.6 Å². The molecule has 1 aromatic heterocycles. The van der Waals surface area contributed by atoms with E-state index in [1.54, 1.807) is 26.4 Å². The maximum atomic E-state index is 14.0. The average molecular weight is 543 g/mol. The molecule has 1 aliphatic rings. The van der Waals surface area contributed by atoms with Crippen LogP contribution in [0.15, 0.2) is 47.6 Å². The Morgan fingerprint density at radius 3 is 2.94 bits per heavy atom. The lowest BCUT2D eigenvalue weighted by Crippen LogP contribution is -2.44. The Labute approximate surface area is 200 Å². The van der Waals surface area contributed by atoms with E-state index < -0.39 is 0 Å². The van der Waals surface area contributed by atoms with Gasteiger partial charge in [0.05, 0.1) is 6.61 Å². The quantitative estimate of drug-likeness (QED) is 0.219. The number of aliphatic imine (C=N–C) groups is 1. The number of guanidine groups is 1. The Morgan fingerprint density at radius 2 is 2.16 bits per heavy atom. The maximum absolute atomic E-state index is 14.0. The van der Waals surface area contributed by atoms with Crippen LogP contribution in [0.2, 0.25) is 0 Å². The molecule has 1 fully saturated rings. The molecule has 0 aliphatic carbocycles. The number of aromatic nitrogens is 1. The van der Waals surface area contributed by atoms with Crippen molar-refractivity contribution in [3.63, 3.8) is 0 Å². The van der Waals surface area contributed by atoms with E-state index in [0.29, 0.717) is 32.1 Å². The summed E-state index contributed by atoms with van der Waals surface area (Å²) in [6.07, 6.45) is 3.37. The first-order valence-corrected chi connectivity index (χ1v) is 10.2. The van der Waals surface area contributed by atoms with Gasteiger partial charge in [0.15, 0.2) is 17.6 Å². The minimum atomic E-state index is -0.287. The summed E-state index contributed by atoms with van der Waals surface area (Å²) in [5.41, 5.74) is 1.10. The van der Waals surface area contributed by atoms with Gasteiger partial charge in [-0.05, 0) is 36.2 Å². The molecule has 0 spiro atoms. The van der Waals surface area contributed by atoms with E-state index in [4.69, 9.17) is 9.47 Å². The molecule has 31 heavy (non-hydrogen) atoms. The topological polar surface area (TPSA) is 71.0 Å². The van der Waals surface area contributed by atoms with Crippen LogP contribution in [-0.4, -0.2) is 57.4 Å². The van der Waals surface area contributed by atoms with Gasteiger partial charge in [-0.3, -0.25) is 4.99 Å². The Balaban J connectivity index is 0.00000341. The molecule has 1 aromatic carbocycles. The first-order valence-electron chi connectivity index (χ1n) is 10.2. The monoisotopic (exact) mass is 543 g/mol. The number of ether oxygens (including phenoxy) is 2. The first kappa shape index (κ1) is 25.1. The standard InChI is InChI=1S/C22H30FN5O2.HI/c1-24-22(26-15-17-6-3-7-19(14-17)30-13-5-12-29-2)27-18-9-11-28(16-18)21-20(23)8-4-10-25-21;/h3-4,6-8,10,14,18H,5,9,11-13,15-16H2,1-2H3,(H2,24,26,27);1H. The van der Waals surface area contributed by atoms with Gasteiger partial charge in [-0.1, -0.05) is 12.1 Å². The van der Waals surface area contributed by atoms with E-state index in [1.807, 2.05) is 29.2 Å². The molecule has 2 N–H and O–H groups in total. The number of halogens is 2. The highest BCUT2D eigenvalue weighted by molar-refractivity contribution is 14.0. The van der Waals surface area contributed by atoms with Crippen LogP contribution >= 0.6 is 24.0 Å². The number of benzene rings is 1. The molecule has 1 aliphatic heterocycles. The Kier molecular flexibility index (Phi) is 10.8. The molecule has 3 rings (SSSR count). The van der Waals surface area contributed by atoms with E-state index in [2.05, 4.69) is 20.6 Å². The molecule has 0 saturated carbocycles. The van der Waals surface area contributed by atoms with E-state index >= 15 is 0 Å². The first-order chi connectivity index (χ1) is 14.7. The third kappa shape index (κ3) is 7.80. The lowest BCUT2D eigenvalue weighted by molar-refractivity contribution is 0.172. The highest BCUT2D eigenvalue weighted by Crippen LogP contribution is 2.20. The fourth-order valence-corrected chi connectivity index (χ4v) is 3.39. The number of anilines is 1. The summed E-state index contributed by atoms with van der Waals surface area (Å²) in [5, 5.41) is 6.76. The number of methoxy groups -OCH3 is 1. The molecule has 0 bridgehead atoms. The summed E-state index contributed by atoms with van der Waals surface area (Å²) in [7, 11) is 3.43. The number of nitrogens with zero attached hydrogens (tertiary/aromatic N) is 3. The Bertz CT molecular complexity index is 839. The molecule has 0 radical (unpaired) electrons. The van der Waals surface area contributed by atoms with E-state index in [0.717, 1.165) is 36.7 Å². The second-order valence-electron chi connectivity index (χ2n) is 7.15.